The minimum absolute atomic E-state index is 0.235. The van der Waals surface area contributed by atoms with Gasteiger partial charge in [0, 0.05) is 23.5 Å². The fourth-order valence-corrected chi connectivity index (χ4v) is 1.98. The van der Waals surface area contributed by atoms with Gasteiger partial charge in [-0.2, -0.15) is 0 Å². The Balaban J connectivity index is 1.67. The second-order valence-electron chi connectivity index (χ2n) is 4.88. The first-order valence-corrected chi connectivity index (χ1v) is 7.35. The van der Waals surface area contributed by atoms with Gasteiger partial charge in [-0.05, 0) is 54.5 Å². The predicted octanol–water partition coefficient (Wildman–Crippen LogP) is 3.73. The largest absolute Gasteiger partial charge is 0.465 e. The zero-order valence-electron chi connectivity index (χ0n) is 12.8. The van der Waals surface area contributed by atoms with Gasteiger partial charge in [-0.1, -0.05) is 18.1 Å². The van der Waals surface area contributed by atoms with E-state index in [1.807, 2.05) is 42.5 Å². The van der Waals surface area contributed by atoms with Crippen LogP contribution in [0.3, 0.4) is 0 Å². The summed E-state index contributed by atoms with van der Waals surface area (Å²) in [6.07, 6.45) is 6.29. The van der Waals surface area contributed by atoms with Gasteiger partial charge in [0.1, 0.15) is 11.5 Å². The molecule has 0 radical (unpaired) electrons. The highest BCUT2D eigenvalue weighted by Gasteiger charge is 1.99. The van der Waals surface area contributed by atoms with Crippen LogP contribution in [0.1, 0.15) is 17.0 Å². The van der Waals surface area contributed by atoms with Crippen LogP contribution in [0.4, 0.5) is 5.69 Å². The van der Waals surface area contributed by atoms with E-state index < -0.39 is 0 Å². The molecule has 1 aromatic carbocycles. The van der Waals surface area contributed by atoms with Crippen LogP contribution in [0.5, 0.6) is 0 Å². The summed E-state index contributed by atoms with van der Waals surface area (Å²) in [4.78, 5) is 16.1. The molecule has 0 fully saturated rings. The van der Waals surface area contributed by atoms with E-state index in [2.05, 4.69) is 22.1 Å². The lowest BCUT2D eigenvalue weighted by molar-refractivity contribution is -0.111. The second kappa shape index (κ2) is 7.61. The molecule has 0 atom stereocenters. The summed E-state index contributed by atoms with van der Waals surface area (Å²) in [5, 5.41) is 2.79. The fourth-order valence-electron chi connectivity index (χ4n) is 1.98. The smallest absolute Gasteiger partial charge is 0.248 e. The van der Waals surface area contributed by atoms with Crippen LogP contribution in [0.15, 0.2) is 77.6 Å². The third kappa shape index (κ3) is 4.46. The number of nitrogens with zero attached hydrogens (tertiary/aromatic N) is 1. The standard InChI is InChI=1S/C20H14N2O2/c23-20(12-11-19-8-4-14-24-19)22-18-7-3-5-16(15-18)9-10-17-6-1-2-13-21-17/h1-8,11-15H,(H,22,23)/b12-11+. The van der Waals surface area contributed by atoms with Gasteiger partial charge in [0.05, 0.1) is 6.26 Å². The molecule has 0 aliphatic rings. The summed E-state index contributed by atoms with van der Waals surface area (Å²) in [6, 6.07) is 16.5. The number of carbonyl (C=O) groups excluding carboxylic acids is 1. The number of furan rings is 1. The molecule has 24 heavy (non-hydrogen) atoms. The lowest BCUT2D eigenvalue weighted by atomic mass is 10.2. The summed E-state index contributed by atoms with van der Waals surface area (Å²) >= 11 is 0. The van der Waals surface area contributed by atoms with Gasteiger partial charge >= 0.3 is 0 Å². The van der Waals surface area contributed by atoms with Crippen molar-refractivity contribution in [3.63, 3.8) is 0 Å². The zero-order chi connectivity index (χ0) is 16.6. The van der Waals surface area contributed by atoms with Crippen molar-refractivity contribution in [2.24, 2.45) is 0 Å². The normalized spacial score (nSPS) is 10.2. The highest BCUT2D eigenvalue weighted by Crippen LogP contribution is 2.10. The monoisotopic (exact) mass is 314 g/mol. The molecule has 0 spiro atoms. The minimum Gasteiger partial charge on any atom is -0.465 e. The number of anilines is 1. The molecule has 4 nitrogen and oxygen atoms in total. The molecule has 1 N–H and O–H groups in total. The van der Waals surface area contributed by atoms with Crippen molar-refractivity contribution >= 4 is 17.7 Å². The molecule has 0 aliphatic heterocycles. The van der Waals surface area contributed by atoms with Gasteiger partial charge in [-0.15, -0.1) is 0 Å². The van der Waals surface area contributed by atoms with E-state index in [4.69, 9.17) is 4.42 Å². The Bertz CT molecular complexity index is 902. The van der Waals surface area contributed by atoms with Crippen molar-refractivity contribution in [1.29, 1.82) is 0 Å². The second-order valence-corrected chi connectivity index (χ2v) is 4.88. The molecule has 1 amide bonds. The molecule has 3 rings (SSSR count). The maximum absolute atomic E-state index is 11.9. The van der Waals surface area contributed by atoms with E-state index in [0.717, 1.165) is 5.56 Å². The van der Waals surface area contributed by atoms with Gasteiger partial charge in [0.15, 0.2) is 0 Å². The first-order valence-electron chi connectivity index (χ1n) is 7.35. The molecule has 2 aromatic heterocycles. The number of benzene rings is 1. The third-order valence-electron chi connectivity index (χ3n) is 3.07. The number of amides is 1. The number of pyridine rings is 1. The molecule has 2 heterocycles. The number of nitrogens with one attached hydrogen (secondary N) is 1. The number of aromatic nitrogens is 1. The highest BCUT2D eigenvalue weighted by atomic mass is 16.3. The Labute approximate surface area is 139 Å². The van der Waals surface area contributed by atoms with E-state index in [0.29, 0.717) is 17.1 Å². The summed E-state index contributed by atoms with van der Waals surface area (Å²) in [7, 11) is 0. The first kappa shape index (κ1) is 15.3. The number of hydrogen-bond donors (Lipinski definition) is 1. The van der Waals surface area contributed by atoms with E-state index in [1.165, 1.54) is 6.08 Å². The molecular formula is C20H14N2O2. The summed E-state index contributed by atoms with van der Waals surface area (Å²) in [6.45, 7) is 0. The predicted molar refractivity (Wildman–Crippen MR) is 93.0 cm³/mol. The van der Waals surface area contributed by atoms with Crippen LogP contribution in [-0.2, 0) is 4.79 Å². The van der Waals surface area contributed by atoms with Crippen molar-refractivity contribution in [1.82, 2.24) is 4.98 Å². The molecule has 0 saturated carbocycles. The molecule has 0 bridgehead atoms. The molecule has 0 aliphatic carbocycles. The van der Waals surface area contributed by atoms with Crippen LogP contribution >= 0.6 is 0 Å². The molecule has 0 unspecified atom stereocenters. The SMILES string of the molecule is O=C(/C=C/c1ccco1)Nc1cccc(C#Cc2ccccn2)c1. The van der Waals surface area contributed by atoms with Crippen LogP contribution < -0.4 is 5.32 Å². The lowest BCUT2D eigenvalue weighted by Crippen LogP contribution is -2.07. The number of carbonyl (C=O) groups is 1. The molecule has 4 heteroatoms. The van der Waals surface area contributed by atoms with Gasteiger partial charge in [0.25, 0.3) is 0 Å². The van der Waals surface area contributed by atoms with Gasteiger partial charge in [-0.3, -0.25) is 4.79 Å². The highest BCUT2D eigenvalue weighted by molar-refractivity contribution is 6.01. The van der Waals surface area contributed by atoms with Crippen molar-refractivity contribution in [2.75, 3.05) is 5.32 Å². The summed E-state index contributed by atoms with van der Waals surface area (Å²) in [5.41, 5.74) is 2.18. The summed E-state index contributed by atoms with van der Waals surface area (Å²) in [5.74, 6) is 6.41. The van der Waals surface area contributed by atoms with E-state index >= 15 is 0 Å². The van der Waals surface area contributed by atoms with Crippen molar-refractivity contribution in [2.45, 2.75) is 0 Å². The maximum Gasteiger partial charge on any atom is 0.248 e. The van der Waals surface area contributed by atoms with Crippen molar-refractivity contribution < 1.29 is 9.21 Å². The Morgan fingerprint density at radius 1 is 1.08 bits per heavy atom. The molecule has 0 saturated heterocycles. The molecule has 116 valence electrons. The van der Waals surface area contributed by atoms with Crippen LogP contribution in [0.25, 0.3) is 6.08 Å². The Kier molecular flexibility index (Phi) is 4.86. The maximum atomic E-state index is 11.9. The quantitative estimate of drug-likeness (QED) is 0.592. The number of hydrogen-bond acceptors (Lipinski definition) is 3. The van der Waals surface area contributed by atoms with E-state index in [-0.39, 0.29) is 5.91 Å². The first-order chi connectivity index (χ1) is 11.8. The van der Waals surface area contributed by atoms with Crippen molar-refractivity contribution in [3.8, 4) is 11.8 Å². The van der Waals surface area contributed by atoms with Crippen LogP contribution in [0, 0.1) is 11.8 Å². The van der Waals surface area contributed by atoms with Crippen LogP contribution in [0.2, 0.25) is 0 Å². The van der Waals surface area contributed by atoms with Gasteiger partial charge in [0.2, 0.25) is 5.91 Å². The average Bonchev–Trinajstić information content (AvgIpc) is 3.13. The Morgan fingerprint density at radius 3 is 2.83 bits per heavy atom. The van der Waals surface area contributed by atoms with Gasteiger partial charge in [-0.25, -0.2) is 4.98 Å². The number of rotatable bonds is 3. The Morgan fingerprint density at radius 2 is 2.04 bits per heavy atom. The Hall–Kier alpha value is -3.58. The van der Waals surface area contributed by atoms with Crippen molar-refractivity contribution in [3.05, 3.63) is 90.2 Å². The van der Waals surface area contributed by atoms with E-state index in [9.17, 15) is 4.79 Å². The lowest BCUT2D eigenvalue weighted by Gasteiger charge is -2.02. The average molecular weight is 314 g/mol. The molecule has 3 aromatic rings. The van der Waals surface area contributed by atoms with Crippen LogP contribution in [-0.4, -0.2) is 10.9 Å². The van der Waals surface area contributed by atoms with Gasteiger partial charge < -0.3 is 9.73 Å². The molecular weight excluding hydrogens is 300 g/mol. The zero-order valence-corrected chi connectivity index (χ0v) is 12.8. The summed E-state index contributed by atoms with van der Waals surface area (Å²) < 4.78 is 5.14. The minimum atomic E-state index is -0.235. The topological polar surface area (TPSA) is 55.1 Å². The fraction of sp³-hybridized carbons (Fsp3) is 0. The third-order valence-corrected chi connectivity index (χ3v) is 3.07. The van der Waals surface area contributed by atoms with E-state index in [1.54, 1.807) is 30.7 Å².